The number of likely N-dealkylation sites (tertiary alicyclic amines) is 1. The summed E-state index contributed by atoms with van der Waals surface area (Å²) in [4.78, 5) is 7.24. The molecule has 0 saturated carbocycles. The van der Waals surface area contributed by atoms with Gasteiger partial charge in [0.05, 0.1) is 23.3 Å². The fraction of sp³-hybridized carbons (Fsp3) is 0.250. The molecule has 0 spiro atoms. The molecule has 32 heavy (non-hydrogen) atoms. The molecule has 1 heterocycles. The van der Waals surface area contributed by atoms with Crippen LogP contribution in [0.15, 0.2) is 89.6 Å². The van der Waals surface area contributed by atoms with E-state index in [0.717, 1.165) is 47.8 Å². The molecule has 0 bridgehead atoms. The molecule has 0 aliphatic carbocycles. The number of halogens is 1. The zero-order chi connectivity index (χ0) is 22.3. The second-order valence-electron chi connectivity index (χ2n) is 8.49. The van der Waals surface area contributed by atoms with E-state index < -0.39 is 0 Å². The Morgan fingerprint density at radius 2 is 1.72 bits per heavy atom. The molecule has 3 aromatic rings. The van der Waals surface area contributed by atoms with Crippen LogP contribution in [0.25, 0.3) is 5.70 Å². The Kier molecular flexibility index (Phi) is 7.00. The fourth-order valence-corrected chi connectivity index (χ4v) is 4.16. The molecule has 3 aromatic carbocycles. The first kappa shape index (κ1) is 21.8. The molecule has 164 valence electrons. The molecule has 0 amide bonds. The highest BCUT2D eigenvalue weighted by atomic mass is 19.1. The lowest BCUT2D eigenvalue weighted by atomic mass is 9.98. The van der Waals surface area contributed by atoms with E-state index >= 15 is 0 Å². The smallest absolute Gasteiger partial charge is 0.123 e. The first-order valence-electron chi connectivity index (χ1n) is 11.3. The number of aliphatic imine (C=N–C) groups is 1. The van der Waals surface area contributed by atoms with Crippen molar-refractivity contribution in [3.63, 3.8) is 0 Å². The van der Waals surface area contributed by atoms with Crippen molar-refractivity contribution in [2.75, 3.05) is 18.4 Å². The highest BCUT2D eigenvalue weighted by molar-refractivity contribution is 5.95. The molecule has 1 aliphatic heterocycles. The van der Waals surface area contributed by atoms with Gasteiger partial charge >= 0.3 is 0 Å². The fourth-order valence-electron chi connectivity index (χ4n) is 4.16. The highest BCUT2D eigenvalue weighted by Crippen LogP contribution is 2.29. The molecule has 1 fully saturated rings. The first-order chi connectivity index (χ1) is 15.6. The number of nitrogens with zero attached hydrogens (tertiary/aromatic N) is 2. The molecule has 0 aromatic heterocycles. The van der Waals surface area contributed by atoms with Crippen LogP contribution in [0.5, 0.6) is 0 Å². The van der Waals surface area contributed by atoms with Gasteiger partial charge in [-0.1, -0.05) is 49.4 Å². The van der Waals surface area contributed by atoms with E-state index in [0.29, 0.717) is 5.92 Å². The predicted octanol–water partition coefficient (Wildman–Crippen LogP) is 7.05. The Morgan fingerprint density at radius 1 is 1.00 bits per heavy atom. The van der Waals surface area contributed by atoms with E-state index in [2.05, 4.69) is 48.3 Å². The van der Waals surface area contributed by atoms with Gasteiger partial charge in [-0.25, -0.2) is 4.39 Å². The van der Waals surface area contributed by atoms with Crippen molar-refractivity contribution in [3.8, 4) is 0 Å². The lowest BCUT2D eigenvalue weighted by molar-refractivity contribution is 0.240. The predicted molar refractivity (Wildman–Crippen MR) is 133 cm³/mol. The summed E-state index contributed by atoms with van der Waals surface area (Å²) in [6.07, 6.45) is 4.37. The summed E-state index contributed by atoms with van der Waals surface area (Å²) in [7, 11) is 0. The summed E-state index contributed by atoms with van der Waals surface area (Å²) in [6, 6.07) is 24.9. The molecule has 1 unspecified atom stereocenters. The summed E-state index contributed by atoms with van der Waals surface area (Å²) >= 11 is 0. The number of hydrogen-bond acceptors (Lipinski definition) is 3. The molecule has 4 heteroatoms. The van der Waals surface area contributed by atoms with E-state index in [9.17, 15) is 4.39 Å². The molecule has 1 saturated heterocycles. The van der Waals surface area contributed by atoms with Crippen LogP contribution in [0.3, 0.4) is 0 Å². The maximum absolute atomic E-state index is 13.5. The quantitative estimate of drug-likeness (QED) is 0.427. The minimum absolute atomic E-state index is 0.243. The molecular weight excluding hydrogens is 397 g/mol. The molecule has 4 rings (SSSR count). The first-order valence-corrected chi connectivity index (χ1v) is 11.3. The van der Waals surface area contributed by atoms with E-state index in [1.54, 1.807) is 12.1 Å². The average molecular weight is 428 g/mol. The minimum atomic E-state index is -0.243. The van der Waals surface area contributed by atoms with Gasteiger partial charge in [-0.2, -0.15) is 0 Å². The summed E-state index contributed by atoms with van der Waals surface area (Å²) in [5.41, 5.74) is 6.10. The number of aryl methyl sites for hydroxylation is 1. The third kappa shape index (κ3) is 5.44. The molecule has 1 N–H and O–H groups in total. The van der Waals surface area contributed by atoms with Gasteiger partial charge in [0, 0.05) is 24.3 Å². The van der Waals surface area contributed by atoms with Crippen LogP contribution >= 0.6 is 0 Å². The summed E-state index contributed by atoms with van der Waals surface area (Å²) in [6.45, 7) is 6.39. The Hall–Kier alpha value is -3.40. The van der Waals surface area contributed by atoms with Crippen molar-refractivity contribution in [2.24, 2.45) is 10.9 Å². The SMILES string of the molecule is Cc1ccccc1/C(Nc1ccc(F)cc1)=C(\C=Nc1ccccc1)N1CCCC(C)C1. The van der Waals surface area contributed by atoms with Gasteiger partial charge < -0.3 is 10.2 Å². The third-order valence-corrected chi connectivity index (χ3v) is 5.87. The molecule has 0 radical (unpaired) electrons. The summed E-state index contributed by atoms with van der Waals surface area (Å²) in [5.74, 6) is 0.375. The number of hydrogen-bond donors (Lipinski definition) is 1. The summed E-state index contributed by atoms with van der Waals surface area (Å²) in [5, 5.41) is 3.59. The van der Waals surface area contributed by atoms with E-state index in [-0.39, 0.29) is 5.82 Å². The number of anilines is 1. The molecule has 1 atom stereocenters. The van der Waals surface area contributed by atoms with Crippen molar-refractivity contribution in [3.05, 3.63) is 102 Å². The van der Waals surface area contributed by atoms with Crippen LogP contribution in [-0.4, -0.2) is 24.2 Å². The monoisotopic (exact) mass is 427 g/mol. The van der Waals surface area contributed by atoms with E-state index in [1.807, 2.05) is 36.5 Å². The standard InChI is InChI=1S/C28H30FN3/c1-21-9-8-18-32(20-21)27(19-30-24-11-4-3-5-12-24)28(26-13-7-6-10-22(26)2)31-25-16-14-23(29)15-17-25/h3-7,10-17,19,21,31H,8-9,18,20H2,1-2H3/b28-27-,30-19?. The lowest BCUT2D eigenvalue weighted by Crippen LogP contribution is -2.35. The van der Waals surface area contributed by atoms with Crippen LogP contribution in [-0.2, 0) is 0 Å². The van der Waals surface area contributed by atoms with Gasteiger partial charge in [-0.05, 0) is 67.6 Å². The van der Waals surface area contributed by atoms with Crippen molar-refractivity contribution >= 4 is 23.3 Å². The number of rotatable bonds is 6. The van der Waals surface area contributed by atoms with Crippen molar-refractivity contribution in [2.45, 2.75) is 26.7 Å². The van der Waals surface area contributed by atoms with Gasteiger partial charge in [0.2, 0.25) is 0 Å². The second-order valence-corrected chi connectivity index (χ2v) is 8.49. The van der Waals surface area contributed by atoms with Crippen LogP contribution < -0.4 is 5.32 Å². The highest BCUT2D eigenvalue weighted by Gasteiger charge is 2.22. The number of nitrogens with one attached hydrogen (secondary N) is 1. The van der Waals surface area contributed by atoms with Crippen molar-refractivity contribution in [1.29, 1.82) is 0 Å². The van der Waals surface area contributed by atoms with Crippen LogP contribution in [0.4, 0.5) is 15.8 Å². The number of piperidine rings is 1. The molecular formula is C28H30FN3. The Balaban J connectivity index is 1.85. The van der Waals surface area contributed by atoms with Crippen LogP contribution in [0, 0.1) is 18.7 Å². The van der Waals surface area contributed by atoms with E-state index in [1.165, 1.54) is 24.1 Å². The molecule has 1 aliphatic rings. The van der Waals surface area contributed by atoms with Gasteiger partial charge in [-0.15, -0.1) is 0 Å². The van der Waals surface area contributed by atoms with Gasteiger partial charge in [-0.3, -0.25) is 4.99 Å². The van der Waals surface area contributed by atoms with Crippen molar-refractivity contribution in [1.82, 2.24) is 4.90 Å². The maximum Gasteiger partial charge on any atom is 0.123 e. The Morgan fingerprint density at radius 3 is 2.44 bits per heavy atom. The van der Waals surface area contributed by atoms with Gasteiger partial charge in [0.1, 0.15) is 5.82 Å². The second kappa shape index (κ2) is 10.3. The van der Waals surface area contributed by atoms with Crippen molar-refractivity contribution < 1.29 is 4.39 Å². The van der Waals surface area contributed by atoms with Gasteiger partial charge in [0.15, 0.2) is 0 Å². The minimum Gasteiger partial charge on any atom is -0.368 e. The number of para-hydroxylation sites is 1. The van der Waals surface area contributed by atoms with Crippen LogP contribution in [0.1, 0.15) is 30.9 Å². The average Bonchev–Trinajstić information content (AvgIpc) is 2.81. The largest absolute Gasteiger partial charge is 0.368 e. The molecule has 3 nitrogen and oxygen atoms in total. The summed E-state index contributed by atoms with van der Waals surface area (Å²) < 4.78 is 13.5. The Bertz CT molecular complexity index is 1090. The van der Waals surface area contributed by atoms with Crippen LogP contribution in [0.2, 0.25) is 0 Å². The number of benzene rings is 3. The van der Waals surface area contributed by atoms with E-state index in [4.69, 9.17) is 4.99 Å². The topological polar surface area (TPSA) is 27.6 Å². The number of allylic oxidation sites excluding steroid dienone is 1. The zero-order valence-electron chi connectivity index (χ0n) is 18.8. The third-order valence-electron chi connectivity index (χ3n) is 5.87. The zero-order valence-corrected chi connectivity index (χ0v) is 18.8. The maximum atomic E-state index is 13.5. The van der Waals surface area contributed by atoms with Gasteiger partial charge in [0.25, 0.3) is 0 Å². The Labute approximate surface area is 190 Å². The lowest BCUT2D eigenvalue weighted by Gasteiger charge is -2.35. The normalized spacial score (nSPS) is 17.3.